The number of nitrogens with zero attached hydrogens (tertiary/aromatic N) is 2. The Morgan fingerprint density at radius 2 is 1.29 bits per heavy atom. The smallest absolute Gasteiger partial charge is 0.224 e. The third-order valence-corrected chi connectivity index (χ3v) is 5.68. The molecule has 0 aromatic heterocycles. The zero-order valence-electron chi connectivity index (χ0n) is 16.1. The molecule has 1 aromatic rings. The van der Waals surface area contributed by atoms with Gasteiger partial charge >= 0.3 is 0 Å². The van der Waals surface area contributed by atoms with Crippen LogP contribution in [0.25, 0.3) is 0 Å². The lowest BCUT2D eigenvalue weighted by Crippen LogP contribution is -2.42. The van der Waals surface area contributed by atoms with Gasteiger partial charge in [-0.1, -0.05) is 30.3 Å². The van der Waals surface area contributed by atoms with Crippen molar-refractivity contribution in [3.8, 4) is 0 Å². The zero-order chi connectivity index (χ0) is 18.9. The van der Waals surface area contributed by atoms with Crippen LogP contribution in [0.1, 0.15) is 18.0 Å². The molecule has 5 atom stereocenters. The Morgan fingerprint density at radius 3 is 1.75 bits per heavy atom. The maximum Gasteiger partial charge on any atom is 0.224 e. The second-order valence-corrected chi connectivity index (χ2v) is 8.20. The molecule has 5 unspecified atom stereocenters. The summed E-state index contributed by atoms with van der Waals surface area (Å²) >= 11 is 0. The van der Waals surface area contributed by atoms with Crippen LogP contribution in [0, 0.1) is 0 Å². The van der Waals surface area contributed by atoms with Crippen molar-refractivity contribution in [3.63, 3.8) is 0 Å². The van der Waals surface area contributed by atoms with E-state index in [1.807, 2.05) is 23.1 Å². The number of ether oxygens (including phenoxy) is 4. The van der Waals surface area contributed by atoms with Crippen molar-refractivity contribution in [1.29, 1.82) is 0 Å². The standard InChI is InChI=1S/C21H28N2O5/c24-21(23(9-18-13-27-18)10-19-14-28-19)6-20(15-4-2-1-3-5-15)22(7-16-11-25-16)8-17-12-26-17/h1-5,16-20H,6-14H2. The first-order chi connectivity index (χ1) is 13.7. The van der Waals surface area contributed by atoms with E-state index in [0.29, 0.717) is 19.5 Å². The lowest BCUT2D eigenvalue weighted by molar-refractivity contribution is -0.133. The fourth-order valence-corrected chi connectivity index (χ4v) is 3.74. The lowest BCUT2D eigenvalue weighted by atomic mass is 10.00. The highest BCUT2D eigenvalue weighted by Gasteiger charge is 2.38. The van der Waals surface area contributed by atoms with E-state index in [0.717, 1.165) is 39.5 Å². The lowest BCUT2D eigenvalue weighted by Gasteiger charge is -2.33. The minimum Gasteiger partial charge on any atom is -0.372 e. The average Bonchev–Trinajstić information content (AvgIpc) is 3.55. The van der Waals surface area contributed by atoms with Gasteiger partial charge in [-0.05, 0) is 5.56 Å². The summed E-state index contributed by atoms with van der Waals surface area (Å²) in [5.74, 6) is 0.165. The Bertz CT molecular complexity index is 643. The van der Waals surface area contributed by atoms with E-state index in [2.05, 4.69) is 17.0 Å². The van der Waals surface area contributed by atoms with E-state index >= 15 is 0 Å². The van der Waals surface area contributed by atoms with Crippen LogP contribution < -0.4 is 0 Å². The number of carbonyl (C=O) groups excluding carboxylic acids is 1. The van der Waals surface area contributed by atoms with Crippen molar-refractivity contribution in [2.24, 2.45) is 0 Å². The Morgan fingerprint density at radius 1 is 0.821 bits per heavy atom. The number of benzene rings is 1. The van der Waals surface area contributed by atoms with E-state index in [4.69, 9.17) is 18.9 Å². The van der Waals surface area contributed by atoms with Crippen LogP contribution in [-0.2, 0) is 23.7 Å². The zero-order valence-corrected chi connectivity index (χ0v) is 16.1. The molecule has 0 spiro atoms. The van der Waals surface area contributed by atoms with Crippen LogP contribution in [0.2, 0.25) is 0 Å². The Balaban J connectivity index is 1.32. The molecule has 4 aliphatic rings. The second kappa shape index (κ2) is 8.08. The quantitative estimate of drug-likeness (QED) is 0.494. The van der Waals surface area contributed by atoms with Gasteiger partial charge < -0.3 is 23.8 Å². The SMILES string of the molecule is O=C(CC(c1ccccc1)N(CC1CO1)CC1CO1)N(CC1CO1)CC1CO1. The van der Waals surface area contributed by atoms with Crippen LogP contribution in [0.3, 0.4) is 0 Å². The molecule has 152 valence electrons. The molecule has 0 bridgehead atoms. The monoisotopic (exact) mass is 388 g/mol. The van der Waals surface area contributed by atoms with Crippen molar-refractivity contribution in [2.75, 3.05) is 52.6 Å². The minimum absolute atomic E-state index is 0.0184. The van der Waals surface area contributed by atoms with Crippen LogP contribution in [0.5, 0.6) is 0 Å². The molecular weight excluding hydrogens is 360 g/mol. The molecule has 4 aliphatic heterocycles. The molecule has 1 aromatic carbocycles. The van der Waals surface area contributed by atoms with E-state index in [-0.39, 0.29) is 36.4 Å². The Hall–Kier alpha value is -1.51. The van der Waals surface area contributed by atoms with Gasteiger partial charge in [-0.3, -0.25) is 9.69 Å². The predicted octanol–water partition coefficient (Wildman–Crippen LogP) is 0.844. The molecule has 1 amide bonds. The van der Waals surface area contributed by atoms with Crippen LogP contribution >= 0.6 is 0 Å². The highest BCUT2D eigenvalue weighted by atomic mass is 16.6. The third kappa shape index (κ3) is 5.30. The summed E-state index contributed by atoms with van der Waals surface area (Å²) in [5.41, 5.74) is 1.17. The fourth-order valence-electron chi connectivity index (χ4n) is 3.74. The summed E-state index contributed by atoms with van der Waals surface area (Å²) in [5, 5.41) is 0. The minimum atomic E-state index is 0.0184. The number of epoxide rings is 4. The van der Waals surface area contributed by atoms with Gasteiger partial charge in [0, 0.05) is 38.6 Å². The molecule has 4 heterocycles. The van der Waals surface area contributed by atoms with Gasteiger partial charge in [0.15, 0.2) is 0 Å². The third-order valence-electron chi connectivity index (χ3n) is 5.68. The van der Waals surface area contributed by atoms with Crippen molar-refractivity contribution < 1.29 is 23.7 Å². The average molecular weight is 388 g/mol. The van der Waals surface area contributed by atoms with Crippen molar-refractivity contribution in [1.82, 2.24) is 9.80 Å². The Labute approximate surface area is 165 Å². The summed E-state index contributed by atoms with van der Waals surface area (Å²) in [6, 6.07) is 10.3. The maximum atomic E-state index is 13.3. The molecule has 7 heteroatoms. The van der Waals surface area contributed by atoms with E-state index in [1.165, 1.54) is 5.56 Å². The van der Waals surface area contributed by atoms with E-state index in [9.17, 15) is 4.79 Å². The molecule has 4 fully saturated rings. The molecule has 0 N–H and O–H groups in total. The normalized spacial score (nSPS) is 30.8. The summed E-state index contributed by atoms with van der Waals surface area (Å²) in [7, 11) is 0. The first-order valence-electron chi connectivity index (χ1n) is 10.3. The fraction of sp³-hybridized carbons (Fsp3) is 0.667. The molecule has 4 saturated heterocycles. The number of hydrogen-bond donors (Lipinski definition) is 0. The highest BCUT2D eigenvalue weighted by molar-refractivity contribution is 5.77. The summed E-state index contributed by atoms with van der Waals surface area (Å²) in [6.45, 7) is 6.12. The van der Waals surface area contributed by atoms with Crippen molar-refractivity contribution in [2.45, 2.75) is 36.9 Å². The summed E-state index contributed by atoms with van der Waals surface area (Å²) in [4.78, 5) is 17.6. The summed E-state index contributed by atoms with van der Waals surface area (Å²) in [6.07, 6.45) is 1.37. The second-order valence-electron chi connectivity index (χ2n) is 8.20. The van der Waals surface area contributed by atoms with Gasteiger partial charge in [0.1, 0.15) is 0 Å². The van der Waals surface area contributed by atoms with Gasteiger partial charge in [0.2, 0.25) is 5.91 Å². The van der Waals surface area contributed by atoms with Gasteiger partial charge in [-0.25, -0.2) is 0 Å². The maximum absolute atomic E-state index is 13.3. The van der Waals surface area contributed by atoms with Gasteiger partial charge in [-0.2, -0.15) is 0 Å². The van der Waals surface area contributed by atoms with Gasteiger partial charge in [0.25, 0.3) is 0 Å². The largest absolute Gasteiger partial charge is 0.372 e. The van der Waals surface area contributed by atoms with Crippen LogP contribution in [0.4, 0.5) is 0 Å². The van der Waals surface area contributed by atoms with Crippen molar-refractivity contribution >= 4 is 5.91 Å². The van der Waals surface area contributed by atoms with Crippen LogP contribution in [0.15, 0.2) is 30.3 Å². The van der Waals surface area contributed by atoms with Crippen molar-refractivity contribution in [3.05, 3.63) is 35.9 Å². The summed E-state index contributed by atoms with van der Waals surface area (Å²) < 4.78 is 21.7. The number of carbonyl (C=O) groups is 1. The number of rotatable bonds is 12. The van der Waals surface area contributed by atoms with E-state index in [1.54, 1.807) is 0 Å². The van der Waals surface area contributed by atoms with Gasteiger partial charge in [0.05, 0.1) is 50.8 Å². The first-order valence-corrected chi connectivity index (χ1v) is 10.3. The number of hydrogen-bond acceptors (Lipinski definition) is 6. The predicted molar refractivity (Wildman–Crippen MR) is 101 cm³/mol. The molecule has 28 heavy (non-hydrogen) atoms. The number of amides is 1. The Kier molecular flexibility index (Phi) is 5.34. The van der Waals surface area contributed by atoms with Crippen LogP contribution in [-0.4, -0.2) is 92.7 Å². The topological polar surface area (TPSA) is 73.7 Å². The first kappa shape index (κ1) is 18.5. The van der Waals surface area contributed by atoms with Gasteiger partial charge in [-0.15, -0.1) is 0 Å². The highest BCUT2D eigenvalue weighted by Crippen LogP contribution is 2.30. The van der Waals surface area contributed by atoms with E-state index < -0.39 is 0 Å². The molecular formula is C21H28N2O5. The molecule has 0 saturated carbocycles. The molecule has 0 radical (unpaired) electrons. The molecule has 5 rings (SSSR count). The molecule has 7 nitrogen and oxygen atoms in total. The molecule has 0 aliphatic carbocycles.